The number of fused-ring (bicyclic) bond motifs is 1. The minimum absolute atomic E-state index is 0.0163. The van der Waals surface area contributed by atoms with Gasteiger partial charge in [0.15, 0.2) is 0 Å². The molecule has 1 amide bonds. The minimum Gasteiger partial charge on any atom is -0.480 e. The highest BCUT2D eigenvalue weighted by molar-refractivity contribution is 7.99. The van der Waals surface area contributed by atoms with Gasteiger partial charge in [-0.05, 0) is 33.5 Å². The van der Waals surface area contributed by atoms with E-state index in [9.17, 15) is 14.7 Å². The van der Waals surface area contributed by atoms with Crippen molar-refractivity contribution in [2.45, 2.75) is 24.2 Å². The molecule has 0 aliphatic heterocycles. The Hall–Kier alpha value is -3.18. The first-order chi connectivity index (χ1) is 14.6. The third-order valence-corrected chi connectivity index (χ3v) is 6.27. The van der Waals surface area contributed by atoms with Gasteiger partial charge in [0.2, 0.25) is 11.1 Å². The first kappa shape index (κ1) is 20.1. The molecule has 0 saturated heterocycles. The van der Waals surface area contributed by atoms with Crippen LogP contribution in [-0.4, -0.2) is 54.0 Å². The number of carbonyl (C=O) groups excluding carboxylic acids is 1. The van der Waals surface area contributed by atoms with Crippen molar-refractivity contribution in [1.29, 1.82) is 0 Å². The van der Waals surface area contributed by atoms with Crippen molar-refractivity contribution in [3.63, 3.8) is 0 Å². The van der Waals surface area contributed by atoms with E-state index in [1.54, 1.807) is 22.2 Å². The monoisotopic (exact) mass is 442 g/mol. The van der Waals surface area contributed by atoms with Crippen LogP contribution in [-0.2, 0) is 22.6 Å². The number of para-hydroxylation sites is 1. The van der Waals surface area contributed by atoms with E-state index in [0.717, 1.165) is 21.3 Å². The van der Waals surface area contributed by atoms with E-state index < -0.39 is 17.9 Å². The Morgan fingerprint density at radius 1 is 1.27 bits per heavy atom. The van der Waals surface area contributed by atoms with Crippen molar-refractivity contribution in [3.05, 3.63) is 58.4 Å². The van der Waals surface area contributed by atoms with Crippen LogP contribution >= 0.6 is 23.1 Å². The number of hydrogen-bond acceptors (Lipinski definition) is 7. The van der Waals surface area contributed by atoms with Crippen LogP contribution in [0.15, 0.2) is 53.1 Å². The summed E-state index contributed by atoms with van der Waals surface area (Å²) in [5.74, 6) is -1.46. The molecule has 0 fully saturated rings. The number of aromatic amines is 1. The summed E-state index contributed by atoms with van der Waals surface area (Å²) in [6, 6.07) is 10.5. The van der Waals surface area contributed by atoms with Gasteiger partial charge in [0.1, 0.15) is 6.04 Å². The fraction of sp³-hybridized carbons (Fsp3) is 0.211. The molecule has 1 aromatic carbocycles. The van der Waals surface area contributed by atoms with Crippen molar-refractivity contribution in [2.24, 2.45) is 0 Å². The van der Waals surface area contributed by atoms with E-state index in [2.05, 4.69) is 25.8 Å². The second-order valence-electron chi connectivity index (χ2n) is 6.51. The second-order valence-corrected chi connectivity index (χ2v) is 8.48. The van der Waals surface area contributed by atoms with Crippen LogP contribution in [0.3, 0.4) is 0 Å². The smallest absolute Gasteiger partial charge is 0.326 e. The quantitative estimate of drug-likeness (QED) is 0.339. The Balaban J connectivity index is 1.36. The number of hydrogen-bond donors (Lipinski definition) is 3. The number of thiophene rings is 1. The lowest BCUT2D eigenvalue weighted by Gasteiger charge is -2.14. The van der Waals surface area contributed by atoms with Gasteiger partial charge in [-0.1, -0.05) is 36.0 Å². The van der Waals surface area contributed by atoms with Gasteiger partial charge >= 0.3 is 5.97 Å². The molecule has 0 radical (unpaired) electrons. The van der Waals surface area contributed by atoms with E-state index in [-0.39, 0.29) is 12.2 Å². The number of carboxylic acids is 1. The van der Waals surface area contributed by atoms with Gasteiger partial charge < -0.3 is 15.4 Å². The molecule has 3 aromatic heterocycles. The molecule has 0 aliphatic carbocycles. The Labute approximate surface area is 179 Å². The summed E-state index contributed by atoms with van der Waals surface area (Å²) in [4.78, 5) is 28.3. The molecule has 154 valence electrons. The van der Waals surface area contributed by atoms with Crippen LogP contribution in [0, 0.1) is 0 Å². The third-order valence-electron chi connectivity index (χ3n) is 4.45. The van der Waals surface area contributed by atoms with Crippen molar-refractivity contribution in [3.8, 4) is 0 Å². The summed E-state index contributed by atoms with van der Waals surface area (Å²) in [5, 5.41) is 27.1. The van der Waals surface area contributed by atoms with E-state index >= 15 is 0 Å². The Kier molecular flexibility index (Phi) is 6.10. The Morgan fingerprint density at radius 2 is 2.13 bits per heavy atom. The molecular formula is C19H18N6O3S2. The summed E-state index contributed by atoms with van der Waals surface area (Å²) < 4.78 is 1.62. The lowest BCUT2D eigenvalue weighted by molar-refractivity contribution is -0.141. The molecule has 3 N–H and O–H groups in total. The fourth-order valence-electron chi connectivity index (χ4n) is 3.04. The zero-order valence-electron chi connectivity index (χ0n) is 15.7. The molecule has 4 rings (SSSR count). The van der Waals surface area contributed by atoms with Gasteiger partial charge in [-0.3, -0.25) is 4.79 Å². The van der Waals surface area contributed by atoms with Gasteiger partial charge in [-0.25, -0.2) is 9.48 Å². The number of carbonyl (C=O) groups is 2. The molecule has 0 aliphatic rings. The summed E-state index contributed by atoms with van der Waals surface area (Å²) >= 11 is 2.76. The summed E-state index contributed by atoms with van der Waals surface area (Å²) in [5.41, 5.74) is 1.77. The van der Waals surface area contributed by atoms with E-state index in [1.807, 2.05) is 41.8 Å². The van der Waals surface area contributed by atoms with Crippen molar-refractivity contribution < 1.29 is 14.7 Å². The number of carboxylic acid groups (broad SMARTS) is 1. The zero-order valence-corrected chi connectivity index (χ0v) is 17.3. The van der Waals surface area contributed by atoms with Gasteiger partial charge in [0.05, 0.1) is 12.3 Å². The van der Waals surface area contributed by atoms with Crippen LogP contribution < -0.4 is 5.32 Å². The lowest BCUT2D eigenvalue weighted by atomic mass is 10.1. The first-order valence-corrected chi connectivity index (χ1v) is 10.9. The predicted molar refractivity (Wildman–Crippen MR) is 114 cm³/mol. The van der Waals surface area contributed by atoms with Crippen LogP contribution in [0.5, 0.6) is 0 Å². The maximum absolute atomic E-state index is 12.4. The number of aromatic nitrogens is 5. The highest BCUT2D eigenvalue weighted by atomic mass is 32.2. The number of benzene rings is 1. The lowest BCUT2D eigenvalue weighted by Crippen LogP contribution is -2.43. The summed E-state index contributed by atoms with van der Waals surface area (Å²) in [7, 11) is 0. The molecule has 4 aromatic rings. The molecule has 1 unspecified atom stereocenters. The Bertz CT molecular complexity index is 1150. The van der Waals surface area contributed by atoms with Crippen molar-refractivity contribution in [2.75, 3.05) is 5.75 Å². The normalized spacial score (nSPS) is 12.1. The topological polar surface area (TPSA) is 126 Å². The van der Waals surface area contributed by atoms with Crippen molar-refractivity contribution in [1.82, 2.24) is 30.5 Å². The average Bonchev–Trinajstić information content (AvgIpc) is 3.48. The van der Waals surface area contributed by atoms with Crippen molar-refractivity contribution >= 4 is 45.9 Å². The average molecular weight is 443 g/mol. The van der Waals surface area contributed by atoms with E-state index in [4.69, 9.17) is 0 Å². The molecule has 0 bridgehead atoms. The Morgan fingerprint density at radius 3 is 2.93 bits per heavy atom. The standard InChI is InChI=1S/C19H18N6O3S2/c26-17(11-30-19-22-23-24-25(19)10-13-4-3-7-29-13)21-16(18(27)28)8-12-9-20-15-6-2-1-5-14(12)15/h1-7,9,16,20H,8,10-11H2,(H,21,26)(H,27,28). The van der Waals surface area contributed by atoms with Gasteiger partial charge in [0, 0.05) is 28.4 Å². The number of aliphatic carboxylic acids is 1. The maximum atomic E-state index is 12.4. The zero-order chi connectivity index (χ0) is 20.9. The van der Waals surface area contributed by atoms with Crippen LogP contribution in [0.4, 0.5) is 0 Å². The maximum Gasteiger partial charge on any atom is 0.326 e. The van der Waals surface area contributed by atoms with Gasteiger partial charge in [-0.15, -0.1) is 16.4 Å². The predicted octanol–water partition coefficient (Wildman–Crippen LogP) is 2.17. The molecule has 3 heterocycles. The molecule has 0 spiro atoms. The molecule has 1 atom stereocenters. The molecule has 30 heavy (non-hydrogen) atoms. The molecular weight excluding hydrogens is 424 g/mol. The molecule has 9 nitrogen and oxygen atoms in total. The number of rotatable bonds is 9. The third kappa shape index (κ3) is 4.69. The van der Waals surface area contributed by atoms with Gasteiger partial charge in [-0.2, -0.15) is 0 Å². The van der Waals surface area contributed by atoms with Gasteiger partial charge in [0.25, 0.3) is 0 Å². The number of tetrazole rings is 1. The molecule has 0 saturated carbocycles. The van der Waals surface area contributed by atoms with Crippen LogP contribution in [0.25, 0.3) is 10.9 Å². The highest BCUT2D eigenvalue weighted by Crippen LogP contribution is 2.20. The highest BCUT2D eigenvalue weighted by Gasteiger charge is 2.22. The SMILES string of the molecule is O=C(CSc1nnnn1Cc1cccs1)NC(Cc1c[nH]c2ccccc12)C(=O)O. The number of H-pyrrole nitrogens is 1. The number of nitrogens with one attached hydrogen (secondary N) is 2. The number of nitrogens with zero attached hydrogens (tertiary/aromatic N) is 4. The largest absolute Gasteiger partial charge is 0.480 e. The van der Waals surface area contributed by atoms with E-state index in [0.29, 0.717) is 11.7 Å². The summed E-state index contributed by atoms with van der Waals surface area (Å²) in [6.07, 6.45) is 1.96. The minimum atomic E-state index is -1.08. The van der Waals surface area contributed by atoms with Crippen LogP contribution in [0.1, 0.15) is 10.4 Å². The first-order valence-electron chi connectivity index (χ1n) is 9.08. The molecule has 11 heteroatoms. The number of amides is 1. The summed E-state index contributed by atoms with van der Waals surface area (Å²) in [6.45, 7) is 0.521. The fourth-order valence-corrected chi connectivity index (χ4v) is 4.41. The number of thioether (sulfide) groups is 1. The van der Waals surface area contributed by atoms with Crippen LogP contribution in [0.2, 0.25) is 0 Å². The second kappa shape index (κ2) is 9.09. The van der Waals surface area contributed by atoms with E-state index in [1.165, 1.54) is 11.8 Å².